The Bertz CT molecular complexity index is 567. The van der Waals surface area contributed by atoms with Gasteiger partial charge in [0.2, 0.25) is 12.1 Å². The SMILES string of the molecule is O=[N+]([O-])C=Cc1cccc(Oc2ccccn2)c1. The van der Waals surface area contributed by atoms with Crippen LogP contribution in [0.15, 0.2) is 54.9 Å². The average Bonchev–Trinajstić information content (AvgIpc) is 2.38. The lowest BCUT2D eigenvalue weighted by atomic mass is 10.2. The Hall–Kier alpha value is -2.69. The molecule has 0 atom stereocenters. The van der Waals surface area contributed by atoms with Crippen LogP contribution in [0.4, 0.5) is 0 Å². The maximum Gasteiger partial charge on any atom is 0.235 e. The zero-order chi connectivity index (χ0) is 12.8. The van der Waals surface area contributed by atoms with Crippen LogP contribution < -0.4 is 4.74 Å². The zero-order valence-electron chi connectivity index (χ0n) is 9.39. The monoisotopic (exact) mass is 242 g/mol. The van der Waals surface area contributed by atoms with Crippen molar-refractivity contribution in [2.24, 2.45) is 0 Å². The molecule has 0 spiro atoms. The summed E-state index contributed by atoms with van der Waals surface area (Å²) in [5, 5.41) is 10.2. The number of ether oxygens (including phenoxy) is 1. The topological polar surface area (TPSA) is 65.3 Å². The Morgan fingerprint density at radius 3 is 2.83 bits per heavy atom. The quantitative estimate of drug-likeness (QED) is 0.610. The fourth-order valence-electron chi connectivity index (χ4n) is 1.36. The summed E-state index contributed by atoms with van der Waals surface area (Å²) in [5.74, 6) is 1.06. The Labute approximate surface area is 104 Å². The van der Waals surface area contributed by atoms with Crippen molar-refractivity contribution < 1.29 is 9.66 Å². The molecule has 0 aliphatic carbocycles. The second-order valence-electron chi connectivity index (χ2n) is 3.44. The van der Waals surface area contributed by atoms with Crippen LogP contribution in [0.3, 0.4) is 0 Å². The molecule has 1 heterocycles. The summed E-state index contributed by atoms with van der Waals surface area (Å²) in [6.45, 7) is 0. The Kier molecular flexibility index (Phi) is 3.66. The van der Waals surface area contributed by atoms with Crippen LogP contribution in [0.1, 0.15) is 5.56 Å². The van der Waals surface area contributed by atoms with E-state index in [0.717, 1.165) is 6.20 Å². The summed E-state index contributed by atoms with van der Waals surface area (Å²) in [7, 11) is 0. The molecule has 1 aromatic carbocycles. The highest BCUT2D eigenvalue weighted by molar-refractivity contribution is 5.51. The minimum absolute atomic E-state index is 0.480. The van der Waals surface area contributed by atoms with E-state index in [1.807, 2.05) is 6.07 Å². The molecule has 0 saturated carbocycles. The maximum atomic E-state index is 10.2. The molecule has 2 rings (SSSR count). The summed E-state index contributed by atoms with van der Waals surface area (Å²) >= 11 is 0. The van der Waals surface area contributed by atoms with Crippen molar-refractivity contribution in [2.75, 3.05) is 0 Å². The normalized spacial score (nSPS) is 10.4. The predicted octanol–water partition coefficient (Wildman–Crippen LogP) is 3.12. The van der Waals surface area contributed by atoms with Gasteiger partial charge in [0.05, 0.1) is 4.92 Å². The van der Waals surface area contributed by atoms with E-state index in [4.69, 9.17) is 4.74 Å². The highest BCUT2D eigenvalue weighted by Crippen LogP contribution is 2.20. The van der Waals surface area contributed by atoms with Gasteiger partial charge < -0.3 is 4.74 Å². The second-order valence-corrected chi connectivity index (χ2v) is 3.44. The first-order chi connectivity index (χ1) is 8.74. The zero-order valence-corrected chi connectivity index (χ0v) is 9.39. The van der Waals surface area contributed by atoms with E-state index in [-0.39, 0.29) is 0 Å². The molecule has 0 unspecified atom stereocenters. The van der Waals surface area contributed by atoms with Gasteiger partial charge in [0, 0.05) is 18.3 Å². The van der Waals surface area contributed by atoms with Crippen molar-refractivity contribution in [1.82, 2.24) is 4.98 Å². The first-order valence-electron chi connectivity index (χ1n) is 5.25. The van der Waals surface area contributed by atoms with Gasteiger partial charge in [0.15, 0.2) is 0 Å². The van der Waals surface area contributed by atoms with E-state index in [2.05, 4.69) is 4.98 Å². The number of pyridine rings is 1. The van der Waals surface area contributed by atoms with Gasteiger partial charge in [0.1, 0.15) is 5.75 Å². The largest absolute Gasteiger partial charge is 0.439 e. The first-order valence-corrected chi connectivity index (χ1v) is 5.25. The molecule has 0 fully saturated rings. The third-order valence-electron chi connectivity index (χ3n) is 2.11. The van der Waals surface area contributed by atoms with Crippen molar-refractivity contribution in [2.45, 2.75) is 0 Å². The first kappa shape index (κ1) is 11.8. The predicted molar refractivity (Wildman–Crippen MR) is 66.8 cm³/mol. The van der Waals surface area contributed by atoms with Crippen LogP contribution >= 0.6 is 0 Å². The van der Waals surface area contributed by atoms with E-state index in [1.54, 1.807) is 42.6 Å². The number of nitro groups is 1. The average molecular weight is 242 g/mol. The van der Waals surface area contributed by atoms with Crippen molar-refractivity contribution >= 4 is 6.08 Å². The van der Waals surface area contributed by atoms with E-state index in [9.17, 15) is 10.1 Å². The molecule has 0 amide bonds. The van der Waals surface area contributed by atoms with Gasteiger partial charge in [-0.3, -0.25) is 10.1 Å². The van der Waals surface area contributed by atoms with Crippen LogP contribution in [-0.2, 0) is 0 Å². The molecule has 5 nitrogen and oxygen atoms in total. The van der Waals surface area contributed by atoms with Crippen LogP contribution in [-0.4, -0.2) is 9.91 Å². The molecule has 0 aliphatic rings. The molecule has 18 heavy (non-hydrogen) atoms. The summed E-state index contributed by atoms with van der Waals surface area (Å²) in [4.78, 5) is 13.7. The lowest BCUT2D eigenvalue weighted by Gasteiger charge is -2.04. The van der Waals surface area contributed by atoms with Crippen molar-refractivity contribution in [3.63, 3.8) is 0 Å². The molecule has 0 radical (unpaired) electrons. The number of rotatable bonds is 4. The maximum absolute atomic E-state index is 10.2. The fraction of sp³-hybridized carbons (Fsp3) is 0. The van der Waals surface area contributed by atoms with Gasteiger partial charge in [0.25, 0.3) is 0 Å². The van der Waals surface area contributed by atoms with Crippen LogP contribution in [0.25, 0.3) is 6.08 Å². The van der Waals surface area contributed by atoms with Gasteiger partial charge in [-0.2, -0.15) is 0 Å². The van der Waals surface area contributed by atoms with Crippen LogP contribution in [0.5, 0.6) is 11.6 Å². The van der Waals surface area contributed by atoms with Gasteiger partial charge in [-0.05, 0) is 23.8 Å². The smallest absolute Gasteiger partial charge is 0.235 e. The minimum atomic E-state index is -0.508. The number of nitrogens with zero attached hydrogens (tertiary/aromatic N) is 2. The molecule has 0 N–H and O–H groups in total. The van der Waals surface area contributed by atoms with E-state index < -0.39 is 4.92 Å². The Morgan fingerprint density at radius 2 is 2.11 bits per heavy atom. The summed E-state index contributed by atoms with van der Waals surface area (Å²) < 4.78 is 5.51. The Balaban J connectivity index is 2.15. The minimum Gasteiger partial charge on any atom is -0.439 e. The lowest BCUT2D eigenvalue weighted by molar-refractivity contribution is -0.400. The molecule has 1 aromatic heterocycles. The number of hydrogen-bond donors (Lipinski definition) is 0. The summed E-state index contributed by atoms with van der Waals surface area (Å²) in [6, 6.07) is 12.3. The number of benzene rings is 1. The van der Waals surface area contributed by atoms with E-state index >= 15 is 0 Å². The van der Waals surface area contributed by atoms with Crippen LogP contribution in [0, 0.1) is 10.1 Å². The van der Waals surface area contributed by atoms with Crippen molar-refractivity contribution in [3.05, 3.63) is 70.5 Å². The van der Waals surface area contributed by atoms with Gasteiger partial charge in [-0.1, -0.05) is 18.2 Å². The highest BCUT2D eigenvalue weighted by atomic mass is 16.6. The number of hydrogen-bond acceptors (Lipinski definition) is 4. The van der Waals surface area contributed by atoms with Crippen LogP contribution in [0.2, 0.25) is 0 Å². The third kappa shape index (κ3) is 3.41. The standard InChI is InChI=1S/C13H10N2O3/c16-15(17)9-7-11-4-3-5-12(10-11)18-13-6-1-2-8-14-13/h1-10H. The van der Waals surface area contributed by atoms with E-state index in [1.165, 1.54) is 6.08 Å². The molecular formula is C13H10N2O3. The van der Waals surface area contributed by atoms with E-state index in [0.29, 0.717) is 17.2 Å². The molecule has 0 bridgehead atoms. The molecular weight excluding hydrogens is 232 g/mol. The van der Waals surface area contributed by atoms with Gasteiger partial charge in [-0.15, -0.1) is 0 Å². The molecule has 5 heteroatoms. The molecule has 90 valence electrons. The van der Waals surface area contributed by atoms with Crippen molar-refractivity contribution in [3.8, 4) is 11.6 Å². The number of aromatic nitrogens is 1. The third-order valence-corrected chi connectivity index (χ3v) is 2.11. The van der Waals surface area contributed by atoms with Crippen molar-refractivity contribution in [1.29, 1.82) is 0 Å². The fourth-order valence-corrected chi connectivity index (χ4v) is 1.36. The molecule has 0 aliphatic heterocycles. The molecule has 2 aromatic rings. The lowest BCUT2D eigenvalue weighted by Crippen LogP contribution is -1.87. The molecule has 0 saturated heterocycles. The highest BCUT2D eigenvalue weighted by Gasteiger charge is 1.98. The Morgan fingerprint density at radius 1 is 1.22 bits per heavy atom. The summed E-state index contributed by atoms with van der Waals surface area (Å²) in [5.41, 5.74) is 0.695. The van der Waals surface area contributed by atoms with Gasteiger partial charge >= 0.3 is 0 Å². The summed E-state index contributed by atoms with van der Waals surface area (Å²) in [6.07, 6.45) is 3.93. The second kappa shape index (κ2) is 5.58. The van der Waals surface area contributed by atoms with Gasteiger partial charge in [-0.25, -0.2) is 4.98 Å².